The van der Waals surface area contributed by atoms with Crippen molar-refractivity contribution in [3.63, 3.8) is 0 Å². The molecule has 2 amide bonds. The molecule has 132 valence electrons. The summed E-state index contributed by atoms with van der Waals surface area (Å²) in [5.41, 5.74) is 1.92. The topological polar surface area (TPSA) is 69.3 Å². The lowest BCUT2D eigenvalue weighted by atomic mass is 10.1. The largest absolute Gasteiger partial charge is 0.335 e. The van der Waals surface area contributed by atoms with Crippen molar-refractivity contribution in [3.05, 3.63) is 64.8 Å². The van der Waals surface area contributed by atoms with E-state index in [1.807, 2.05) is 12.1 Å². The number of piperazine rings is 1. The molecular formula is C19H17ClN4O2. The molecule has 1 aliphatic rings. The zero-order valence-electron chi connectivity index (χ0n) is 14.0. The highest BCUT2D eigenvalue weighted by Gasteiger charge is 2.26. The van der Waals surface area contributed by atoms with E-state index < -0.39 is 0 Å². The third-order valence-electron chi connectivity index (χ3n) is 4.63. The van der Waals surface area contributed by atoms with Gasteiger partial charge >= 0.3 is 0 Å². The maximum Gasteiger partial charge on any atom is 0.256 e. The lowest BCUT2D eigenvalue weighted by molar-refractivity contribution is 0.0536. The summed E-state index contributed by atoms with van der Waals surface area (Å²) < 4.78 is 0. The first-order chi connectivity index (χ1) is 12.6. The van der Waals surface area contributed by atoms with E-state index in [0.29, 0.717) is 42.3 Å². The maximum atomic E-state index is 12.9. The Morgan fingerprint density at radius 3 is 2.38 bits per heavy atom. The highest BCUT2D eigenvalue weighted by molar-refractivity contribution is 6.30. The molecule has 0 bridgehead atoms. The number of benzene rings is 2. The molecule has 2 heterocycles. The molecule has 0 aliphatic carbocycles. The van der Waals surface area contributed by atoms with Gasteiger partial charge in [0, 0.05) is 42.2 Å². The van der Waals surface area contributed by atoms with Crippen LogP contribution >= 0.6 is 11.6 Å². The first-order valence-electron chi connectivity index (χ1n) is 8.40. The molecule has 26 heavy (non-hydrogen) atoms. The minimum Gasteiger partial charge on any atom is -0.335 e. The van der Waals surface area contributed by atoms with Crippen LogP contribution in [0.1, 0.15) is 20.7 Å². The van der Waals surface area contributed by atoms with Crippen LogP contribution in [0.2, 0.25) is 5.02 Å². The van der Waals surface area contributed by atoms with E-state index in [1.54, 1.807) is 46.3 Å². The third kappa shape index (κ3) is 3.04. The van der Waals surface area contributed by atoms with Crippen LogP contribution < -0.4 is 0 Å². The molecule has 0 atom stereocenters. The molecule has 1 N–H and O–H groups in total. The Hall–Kier alpha value is -2.86. The van der Waals surface area contributed by atoms with Gasteiger partial charge in [-0.2, -0.15) is 5.10 Å². The molecule has 6 nitrogen and oxygen atoms in total. The fourth-order valence-electron chi connectivity index (χ4n) is 3.23. The van der Waals surface area contributed by atoms with E-state index in [4.69, 9.17) is 11.6 Å². The van der Waals surface area contributed by atoms with Gasteiger partial charge < -0.3 is 9.80 Å². The lowest BCUT2D eigenvalue weighted by Crippen LogP contribution is -2.50. The quantitative estimate of drug-likeness (QED) is 0.756. The fourth-order valence-corrected chi connectivity index (χ4v) is 3.42. The van der Waals surface area contributed by atoms with Crippen LogP contribution in [-0.2, 0) is 0 Å². The Labute approximate surface area is 155 Å². The summed E-state index contributed by atoms with van der Waals surface area (Å²) in [5, 5.41) is 8.34. The molecule has 1 fully saturated rings. The number of H-pyrrole nitrogens is 1. The van der Waals surface area contributed by atoms with Crippen LogP contribution in [0.5, 0.6) is 0 Å². The van der Waals surface area contributed by atoms with Crippen LogP contribution in [0.3, 0.4) is 0 Å². The Balaban J connectivity index is 1.46. The van der Waals surface area contributed by atoms with Crippen molar-refractivity contribution in [3.8, 4) is 0 Å². The van der Waals surface area contributed by atoms with E-state index >= 15 is 0 Å². The van der Waals surface area contributed by atoms with Crippen molar-refractivity contribution >= 4 is 34.3 Å². The summed E-state index contributed by atoms with van der Waals surface area (Å²) in [5.74, 6) is -0.107. The van der Waals surface area contributed by atoms with Crippen molar-refractivity contribution < 1.29 is 9.59 Å². The first kappa shape index (κ1) is 16.6. The Morgan fingerprint density at radius 1 is 0.962 bits per heavy atom. The summed E-state index contributed by atoms with van der Waals surface area (Å²) in [4.78, 5) is 29.0. The van der Waals surface area contributed by atoms with Gasteiger partial charge in [-0.1, -0.05) is 29.8 Å². The predicted octanol–water partition coefficient (Wildman–Crippen LogP) is 2.81. The highest BCUT2D eigenvalue weighted by atomic mass is 35.5. The Bertz CT molecular complexity index is 976. The third-order valence-corrected chi connectivity index (χ3v) is 4.87. The van der Waals surface area contributed by atoms with Crippen molar-refractivity contribution in [2.75, 3.05) is 26.2 Å². The minimum absolute atomic E-state index is 0.0466. The molecule has 1 aromatic heterocycles. The number of nitrogens with one attached hydrogen (secondary N) is 1. The summed E-state index contributed by atoms with van der Waals surface area (Å²) in [6, 6.07) is 12.5. The van der Waals surface area contributed by atoms with Crippen molar-refractivity contribution in [1.29, 1.82) is 0 Å². The summed E-state index contributed by atoms with van der Waals surface area (Å²) in [6.07, 6.45) is 1.70. The first-order valence-corrected chi connectivity index (χ1v) is 8.77. The summed E-state index contributed by atoms with van der Waals surface area (Å²) in [7, 11) is 0. The minimum atomic E-state index is -0.0599. The van der Waals surface area contributed by atoms with Crippen LogP contribution in [0.25, 0.3) is 10.9 Å². The standard InChI is InChI=1S/C19H17ClN4O2/c20-15-5-1-3-13(11-15)18(25)23-7-9-24(10-8-23)19(26)16-6-2-4-14-12-21-22-17(14)16/h1-6,11-12H,7-10H2,(H,21,22). The zero-order valence-corrected chi connectivity index (χ0v) is 14.7. The van der Waals surface area contributed by atoms with Gasteiger partial charge in [-0.25, -0.2) is 0 Å². The fraction of sp³-hybridized carbons (Fsp3) is 0.211. The number of fused-ring (bicyclic) bond motifs is 1. The second kappa shape index (κ2) is 6.80. The van der Waals surface area contributed by atoms with E-state index in [9.17, 15) is 9.59 Å². The number of carbonyl (C=O) groups is 2. The molecule has 0 unspecified atom stereocenters. The smallest absolute Gasteiger partial charge is 0.256 e. The van der Waals surface area contributed by atoms with Gasteiger partial charge in [-0.15, -0.1) is 0 Å². The van der Waals surface area contributed by atoms with Gasteiger partial charge in [-0.05, 0) is 24.3 Å². The molecule has 1 aliphatic heterocycles. The lowest BCUT2D eigenvalue weighted by Gasteiger charge is -2.35. The van der Waals surface area contributed by atoms with Crippen LogP contribution in [-0.4, -0.2) is 58.0 Å². The predicted molar refractivity (Wildman–Crippen MR) is 99.4 cm³/mol. The Morgan fingerprint density at radius 2 is 1.65 bits per heavy atom. The van der Waals surface area contributed by atoms with Crippen LogP contribution in [0, 0.1) is 0 Å². The van der Waals surface area contributed by atoms with Crippen LogP contribution in [0.15, 0.2) is 48.7 Å². The van der Waals surface area contributed by atoms with Crippen molar-refractivity contribution in [2.24, 2.45) is 0 Å². The number of halogens is 1. The van der Waals surface area contributed by atoms with Gasteiger partial charge in [0.15, 0.2) is 0 Å². The maximum absolute atomic E-state index is 12.9. The number of aromatic amines is 1. The number of hydrogen-bond donors (Lipinski definition) is 1. The number of nitrogens with zero attached hydrogens (tertiary/aromatic N) is 3. The molecule has 0 radical (unpaired) electrons. The van der Waals surface area contributed by atoms with E-state index in [2.05, 4.69) is 10.2 Å². The SMILES string of the molecule is O=C(c1cccc(Cl)c1)N1CCN(C(=O)c2cccc3cn[nH]c23)CC1. The van der Waals surface area contributed by atoms with Gasteiger partial charge in [0.25, 0.3) is 11.8 Å². The van der Waals surface area contributed by atoms with Gasteiger partial charge in [0.1, 0.15) is 0 Å². The molecule has 1 saturated heterocycles. The number of para-hydroxylation sites is 1. The number of amides is 2. The average Bonchev–Trinajstić information content (AvgIpc) is 3.16. The zero-order chi connectivity index (χ0) is 18.1. The molecule has 3 aromatic rings. The second-order valence-electron chi connectivity index (χ2n) is 6.23. The second-order valence-corrected chi connectivity index (χ2v) is 6.67. The summed E-state index contributed by atoms with van der Waals surface area (Å²) in [6.45, 7) is 1.98. The molecule has 4 rings (SSSR count). The molecule has 0 saturated carbocycles. The highest BCUT2D eigenvalue weighted by Crippen LogP contribution is 2.19. The van der Waals surface area contributed by atoms with Gasteiger partial charge in [0.05, 0.1) is 17.3 Å². The van der Waals surface area contributed by atoms with Crippen molar-refractivity contribution in [2.45, 2.75) is 0 Å². The Kier molecular flexibility index (Phi) is 4.34. The number of hydrogen-bond acceptors (Lipinski definition) is 3. The molecule has 2 aromatic carbocycles. The van der Waals surface area contributed by atoms with E-state index in [-0.39, 0.29) is 11.8 Å². The van der Waals surface area contributed by atoms with Gasteiger partial charge in [0.2, 0.25) is 0 Å². The van der Waals surface area contributed by atoms with Crippen molar-refractivity contribution in [1.82, 2.24) is 20.0 Å². The number of carbonyl (C=O) groups excluding carboxylic acids is 2. The number of rotatable bonds is 2. The van der Waals surface area contributed by atoms with E-state index in [1.165, 1.54) is 0 Å². The van der Waals surface area contributed by atoms with Gasteiger partial charge in [-0.3, -0.25) is 14.7 Å². The normalized spacial score (nSPS) is 14.7. The molecule has 0 spiro atoms. The van der Waals surface area contributed by atoms with Crippen LogP contribution in [0.4, 0.5) is 0 Å². The van der Waals surface area contributed by atoms with E-state index in [0.717, 1.165) is 10.9 Å². The molecule has 7 heteroatoms. The number of aromatic nitrogens is 2. The molecular weight excluding hydrogens is 352 g/mol. The summed E-state index contributed by atoms with van der Waals surface area (Å²) >= 11 is 5.97. The monoisotopic (exact) mass is 368 g/mol. The average molecular weight is 369 g/mol.